The molecule has 0 saturated heterocycles. The summed E-state index contributed by atoms with van der Waals surface area (Å²) in [6.45, 7) is 0. The smallest absolute Gasteiger partial charge is 0.147 e. The fourth-order valence-electron chi connectivity index (χ4n) is 7.08. The second-order valence-electron chi connectivity index (χ2n) is 11.0. The molecule has 190 valence electrons. The van der Waals surface area contributed by atoms with E-state index in [2.05, 4.69) is 98.9 Å². The Morgan fingerprint density at radius 3 is 2.29 bits per heavy atom. The van der Waals surface area contributed by atoms with Gasteiger partial charge in [0.1, 0.15) is 16.8 Å². The van der Waals surface area contributed by atoms with Gasteiger partial charge in [0, 0.05) is 39.6 Å². The molecule has 0 spiro atoms. The lowest BCUT2D eigenvalue weighted by atomic mass is 9.98. The Kier molecular flexibility index (Phi) is 3.92. The highest BCUT2D eigenvalue weighted by Gasteiger charge is 2.25. The number of benzene rings is 4. The predicted octanol–water partition coefficient (Wildman–Crippen LogP) is 8.25. The molecule has 5 nitrogen and oxygen atoms in total. The van der Waals surface area contributed by atoms with E-state index in [0.717, 1.165) is 39.5 Å². The predicted molar refractivity (Wildman–Crippen MR) is 166 cm³/mol. The number of rotatable bonds is 1. The maximum Gasteiger partial charge on any atom is 0.147 e. The summed E-state index contributed by atoms with van der Waals surface area (Å²) in [7, 11) is 0. The lowest BCUT2D eigenvalue weighted by molar-refractivity contribution is 1.17. The minimum absolute atomic E-state index is 0.881. The molecule has 1 aliphatic carbocycles. The van der Waals surface area contributed by atoms with Crippen LogP contribution in [-0.4, -0.2) is 23.9 Å². The average Bonchev–Trinajstić information content (AvgIpc) is 3.69. The summed E-state index contributed by atoms with van der Waals surface area (Å²) in [6, 6.07) is 35.2. The molecule has 5 aromatic heterocycles. The van der Waals surface area contributed by atoms with E-state index in [9.17, 15) is 0 Å². The van der Waals surface area contributed by atoms with Crippen molar-refractivity contribution in [2.75, 3.05) is 0 Å². The normalized spacial score (nSPS) is 12.8. The van der Waals surface area contributed by atoms with E-state index in [0.29, 0.717) is 0 Å². The van der Waals surface area contributed by atoms with Gasteiger partial charge in [0.15, 0.2) is 0 Å². The molecule has 5 heteroatoms. The molecule has 4 aromatic carbocycles. The van der Waals surface area contributed by atoms with Gasteiger partial charge in [-0.1, -0.05) is 36.4 Å². The molecule has 0 radical (unpaired) electrons. The van der Waals surface area contributed by atoms with Crippen LogP contribution in [0.1, 0.15) is 11.1 Å². The molecule has 0 bridgehead atoms. The third-order valence-electron chi connectivity index (χ3n) is 8.81. The molecule has 5 heterocycles. The number of fused-ring (bicyclic) bond motifs is 14. The van der Waals surface area contributed by atoms with Crippen LogP contribution < -0.4 is 0 Å². The van der Waals surface area contributed by atoms with Crippen molar-refractivity contribution in [2.24, 2.45) is 0 Å². The van der Waals surface area contributed by atoms with E-state index in [1.807, 2.05) is 30.7 Å². The number of nitrogens with zero attached hydrogens (tertiary/aromatic N) is 5. The molecule has 10 rings (SSSR count). The molecule has 0 fully saturated rings. The average molecular weight is 524 g/mol. The standard InChI is InChI=1S/C36H21N5/c1-2-7-23(8-3-1)40-32-11-5-4-9-24(32)29-19-27-22(17-34(29)40)15-21-16-30-28(18-26(21)27)25-10-6-13-38-35(25)41-33-12-14-37-20-31(33)39-36(30)41/h1-14,16-20H,15H2. The Bertz CT molecular complexity index is 2550. The van der Waals surface area contributed by atoms with E-state index in [-0.39, 0.29) is 0 Å². The van der Waals surface area contributed by atoms with Gasteiger partial charge in [-0.25, -0.2) is 9.97 Å². The van der Waals surface area contributed by atoms with Crippen molar-refractivity contribution in [2.45, 2.75) is 6.42 Å². The second kappa shape index (κ2) is 7.55. The van der Waals surface area contributed by atoms with Crippen molar-refractivity contribution in [3.63, 3.8) is 0 Å². The van der Waals surface area contributed by atoms with Crippen LogP contribution in [0, 0.1) is 0 Å². The van der Waals surface area contributed by atoms with E-state index in [1.54, 1.807) is 0 Å². The number of para-hydroxylation sites is 2. The number of hydrogen-bond acceptors (Lipinski definition) is 3. The molecule has 0 aliphatic heterocycles. The molecule has 0 amide bonds. The molecule has 9 aromatic rings. The van der Waals surface area contributed by atoms with Crippen molar-refractivity contribution in [3.05, 3.63) is 127 Å². The number of aromatic nitrogens is 5. The van der Waals surface area contributed by atoms with E-state index in [1.165, 1.54) is 55.1 Å². The molecule has 41 heavy (non-hydrogen) atoms. The van der Waals surface area contributed by atoms with Gasteiger partial charge in [-0.15, -0.1) is 0 Å². The van der Waals surface area contributed by atoms with E-state index in [4.69, 9.17) is 9.97 Å². The second-order valence-corrected chi connectivity index (χ2v) is 11.0. The molecule has 0 unspecified atom stereocenters. The quantitative estimate of drug-likeness (QED) is 0.204. The molecule has 1 aliphatic rings. The van der Waals surface area contributed by atoms with Crippen molar-refractivity contribution in [1.29, 1.82) is 0 Å². The van der Waals surface area contributed by atoms with E-state index >= 15 is 0 Å². The van der Waals surface area contributed by atoms with Crippen molar-refractivity contribution in [3.8, 4) is 16.8 Å². The van der Waals surface area contributed by atoms with Gasteiger partial charge in [-0.2, -0.15) is 0 Å². The molecular weight excluding hydrogens is 502 g/mol. The fourth-order valence-corrected chi connectivity index (χ4v) is 7.08. The number of hydrogen-bond donors (Lipinski definition) is 0. The first kappa shape index (κ1) is 21.3. The topological polar surface area (TPSA) is 48.0 Å². The van der Waals surface area contributed by atoms with Crippen LogP contribution in [0.3, 0.4) is 0 Å². The molecular formula is C36H21N5. The Morgan fingerprint density at radius 2 is 1.37 bits per heavy atom. The zero-order valence-corrected chi connectivity index (χ0v) is 21.9. The summed E-state index contributed by atoms with van der Waals surface area (Å²) >= 11 is 0. The van der Waals surface area contributed by atoms with Crippen LogP contribution in [0.15, 0.2) is 116 Å². The zero-order valence-electron chi connectivity index (χ0n) is 21.9. The number of pyridine rings is 3. The largest absolute Gasteiger partial charge is 0.309 e. The zero-order chi connectivity index (χ0) is 26.7. The highest BCUT2D eigenvalue weighted by Crippen LogP contribution is 2.45. The van der Waals surface area contributed by atoms with E-state index < -0.39 is 0 Å². The third kappa shape index (κ3) is 2.72. The van der Waals surface area contributed by atoms with Crippen molar-refractivity contribution >= 4 is 60.3 Å². The van der Waals surface area contributed by atoms with Gasteiger partial charge in [0.25, 0.3) is 0 Å². The first-order chi connectivity index (χ1) is 20.3. The lowest BCUT2D eigenvalue weighted by Crippen LogP contribution is -1.95. The Labute approximate surface area is 234 Å². The first-order valence-corrected chi connectivity index (χ1v) is 13.9. The lowest BCUT2D eigenvalue weighted by Gasteiger charge is -2.11. The van der Waals surface area contributed by atoms with Crippen LogP contribution in [0.25, 0.3) is 77.1 Å². The summed E-state index contributed by atoms with van der Waals surface area (Å²) in [6.07, 6.45) is 6.42. The summed E-state index contributed by atoms with van der Waals surface area (Å²) < 4.78 is 4.59. The maximum atomic E-state index is 5.04. The Balaban J connectivity index is 1.30. The highest BCUT2D eigenvalue weighted by molar-refractivity contribution is 6.16. The monoisotopic (exact) mass is 523 g/mol. The maximum absolute atomic E-state index is 5.04. The van der Waals surface area contributed by atoms with Gasteiger partial charge in [0.2, 0.25) is 0 Å². The Hall–Kier alpha value is -5.55. The minimum atomic E-state index is 0.881. The van der Waals surface area contributed by atoms with Crippen LogP contribution >= 0.6 is 0 Å². The minimum Gasteiger partial charge on any atom is -0.309 e. The first-order valence-electron chi connectivity index (χ1n) is 13.9. The van der Waals surface area contributed by atoms with Crippen LogP contribution in [0.2, 0.25) is 0 Å². The van der Waals surface area contributed by atoms with Gasteiger partial charge in [-0.3, -0.25) is 9.38 Å². The SMILES string of the molecule is c1ccc(-n2c3ccccc3c3cc4c(cc32)Cc2cc3c(cc2-4)c2cccnc2n2c4ccncc4nc32)cc1. The van der Waals surface area contributed by atoms with Crippen LogP contribution in [-0.2, 0) is 6.42 Å². The van der Waals surface area contributed by atoms with Gasteiger partial charge in [0.05, 0.1) is 22.7 Å². The Morgan fingerprint density at radius 1 is 0.561 bits per heavy atom. The van der Waals surface area contributed by atoms with Gasteiger partial charge >= 0.3 is 0 Å². The number of imidazole rings is 1. The van der Waals surface area contributed by atoms with Gasteiger partial charge < -0.3 is 4.57 Å². The molecule has 0 atom stereocenters. The van der Waals surface area contributed by atoms with Crippen LogP contribution in [0.4, 0.5) is 0 Å². The van der Waals surface area contributed by atoms with Crippen LogP contribution in [0.5, 0.6) is 0 Å². The van der Waals surface area contributed by atoms with Crippen molar-refractivity contribution in [1.82, 2.24) is 23.9 Å². The summed E-state index contributed by atoms with van der Waals surface area (Å²) in [4.78, 5) is 14.2. The third-order valence-corrected chi connectivity index (χ3v) is 8.81. The molecule has 0 N–H and O–H groups in total. The molecule has 0 saturated carbocycles. The van der Waals surface area contributed by atoms with Gasteiger partial charge in [-0.05, 0) is 94.7 Å². The summed E-state index contributed by atoms with van der Waals surface area (Å²) in [5.41, 5.74) is 12.7. The fraction of sp³-hybridized carbons (Fsp3) is 0.0278. The van der Waals surface area contributed by atoms with Crippen molar-refractivity contribution < 1.29 is 0 Å². The summed E-state index contributed by atoms with van der Waals surface area (Å²) in [5.74, 6) is 0. The highest BCUT2D eigenvalue weighted by atomic mass is 15.1. The summed E-state index contributed by atoms with van der Waals surface area (Å²) in [5, 5.41) is 6.02.